The minimum absolute atomic E-state index is 0.0251. The van der Waals surface area contributed by atoms with Gasteiger partial charge >= 0.3 is 5.97 Å². The van der Waals surface area contributed by atoms with Gasteiger partial charge in [-0.25, -0.2) is 9.18 Å². The van der Waals surface area contributed by atoms with Gasteiger partial charge in [-0.2, -0.15) is 0 Å². The maximum atomic E-state index is 13.5. The van der Waals surface area contributed by atoms with Crippen LogP contribution in [-0.4, -0.2) is 18.2 Å². The molecule has 1 atom stereocenters. The van der Waals surface area contributed by atoms with E-state index in [1.165, 1.54) is 19.2 Å². The van der Waals surface area contributed by atoms with Gasteiger partial charge in [-0.15, -0.1) is 0 Å². The molecule has 0 spiro atoms. The summed E-state index contributed by atoms with van der Waals surface area (Å²) in [5, 5.41) is 3.53. The quantitative estimate of drug-likeness (QED) is 0.623. The number of anilines is 1. The predicted molar refractivity (Wildman–Crippen MR) is 104 cm³/mol. The molecule has 7 heteroatoms. The Balaban J connectivity index is 2.14. The average Bonchev–Trinajstić information content (AvgIpc) is 2.64. The van der Waals surface area contributed by atoms with Gasteiger partial charge in [0.1, 0.15) is 5.82 Å². The first-order chi connectivity index (χ1) is 12.4. The number of carbonyl (C=O) groups excluding carboxylic acids is 1. The zero-order chi connectivity index (χ0) is 18.8. The highest BCUT2D eigenvalue weighted by Crippen LogP contribution is 2.35. The summed E-state index contributed by atoms with van der Waals surface area (Å²) in [6, 6.07) is 13.3. The van der Waals surface area contributed by atoms with E-state index in [1.807, 2.05) is 30.3 Å². The molecule has 2 aromatic carbocycles. The lowest BCUT2D eigenvalue weighted by atomic mass is 9.95. The minimum atomic E-state index is -0.525. The van der Waals surface area contributed by atoms with Crippen molar-refractivity contribution < 1.29 is 13.9 Å². The number of hydrogen-bond donors (Lipinski definition) is 1. The number of allylic oxidation sites excluding steroid dienone is 1. The largest absolute Gasteiger partial charge is 0.466 e. The summed E-state index contributed by atoms with van der Waals surface area (Å²) in [7, 11) is 1.33. The zero-order valence-corrected chi connectivity index (χ0v) is 15.7. The first-order valence-electron chi connectivity index (χ1n) is 7.83. The number of benzene rings is 2. The van der Waals surface area contributed by atoms with E-state index in [4.69, 9.17) is 28.6 Å². The smallest absolute Gasteiger partial charge is 0.337 e. The maximum Gasteiger partial charge on any atom is 0.337 e. The van der Waals surface area contributed by atoms with E-state index in [1.54, 1.807) is 17.9 Å². The molecule has 1 N–H and O–H groups in total. The van der Waals surface area contributed by atoms with E-state index < -0.39 is 17.8 Å². The van der Waals surface area contributed by atoms with Gasteiger partial charge in [0.05, 0.1) is 23.7 Å². The number of rotatable bonds is 3. The number of halogens is 2. The molecule has 4 nitrogen and oxygen atoms in total. The van der Waals surface area contributed by atoms with Crippen molar-refractivity contribution in [3.8, 4) is 0 Å². The van der Waals surface area contributed by atoms with Gasteiger partial charge in [-0.05, 0) is 42.9 Å². The molecule has 1 unspecified atom stereocenters. The summed E-state index contributed by atoms with van der Waals surface area (Å²) in [4.78, 5) is 14.1. The minimum Gasteiger partial charge on any atom is -0.466 e. The fourth-order valence-electron chi connectivity index (χ4n) is 2.95. The zero-order valence-electron chi connectivity index (χ0n) is 14.1. The number of hydrogen-bond acceptors (Lipinski definition) is 3. The standard InChI is InChI=1S/C19H16ClFN2O2S/c1-11-16(18(24)25-2)17(12-6-4-3-5-7-12)22-19(26)23(11)13-8-9-15(21)14(20)10-13/h3-10,17H,1-2H3,(H,22,26). The van der Waals surface area contributed by atoms with E-state index in [0.717, 1.165) is 5.56 Å². The Kier molecular flexibility index (Phi) is 5.25. The van der Waals surface area contributed by atoms with Crippen molar-refractivity contribution in [2.45, 2.75) is 13.0 Å². The Bertz CT molecular complexity index is 902. The summed E-state index contributed by atoms with van der Waals surface area (Å²) in [5.74, 6) is -0.993. The summed E-state index contributed by atoms with van der Waals surface area (Å²) >= 11 is 11.4. The second kappa shape index (κ2) is 7.43. The van der Waals surface area contributed by atoms with E-state index in [0.29, 0.717) is 22.1 Å². The fourth-order valence-corrected chi connectivity index (χ4v) is 3.48. The third-order valence-electron chi connectivity index (χ3n) is 4.18. The van der Waals surface area contributed by atoms with Crippen molar-refractivity contribution in [2.24, 2.45) is 0 Å². The van der Waals surface area contributed by atoms with Gasteiger partial charge < -0.3 is 10.1 Å². The van der Waals surface area contributed by atoms with E-state index in [-0.39, 0.29) is 5.02 Å². The van der Waals surface area contributed by atoms with Crippen molar-refractivity contribution >= 4 is 40.6 Å². The Hall–Kier alpha value is -2.44. The lowest BCUT2D eigenvalue weighted by Gasteiger charge is -2.37. The van der Waals surface area contributed by atoms with Gasteiger partial charge in [0.2, 0.25) is 0 Å². The van der Waals surface area contributed by atoms with Crippen molar-refractivity contribution in [3.63, 3.8) is 0 Å². The monoisotopic (exact) mass is 390 g/mol. The van der Waals surface area contributed by atoms with Gasteiger partial charge in [-0.3, -0.25) is 4.90 Å². The van der Waals surface area contributed by atoms with Crippen LogP contribution in [0.5, 0.6) is 0 Å². The van der Waals surface area contributed by atoms with Crippen LogP contribution in [0.2, 0.25) is 5.02 Å². The molecule has 1 aliphatic rings. The van der Waals surface area contributed by atoms with Crippen LogP contribution in [0.15, 0.2) is 59.8 Å². The first-order valence-corrected chi connectivity index (χ1v) is 8.62. The summed E-state index contributed by atoms with van der Waals surface area (Å²) < 4.78 is 18.5. The fraction of sp³-hybridized carbons (Fsp3) is 0.158. The van der Waals surface area contributed by atoms with Crippen molar-refractivity contribution in [2.75, 3.05) is 12.0 Å². The van der Waals surface area contributed by atoms with Crippen LogP contribution in [0, 0.1) is 5.82 Å². The molecule has 0 amide bonds. The van der Waals surface area contributed by atoms with Crippen molar-refractivity contribution in [1.82, 2.24) is 5.32 Å². The molecule has 0 fully saturated rings. The molecule has 0 aromatic heterocycles. The molecule has 26 heavy (non-hydrogen) atoms. The molecule has 134 valence electrons. The van der Waals surface area contributed by atoms with Crippen molar-refractivity contribution in [3.05, 3.63) is 76.2 Å². The summed E-state index contributed by atoms with van der Waals surface area (Å²) in [6.07, 6.45) is 0. The van der Waals surface area contributed by atoms with Crippen molar-refractivity contribution in [1.29, 1.82) is 0 Å². The number of methoxy groups -OCH3 is 1. The van der Waals surface area contributed by atoms with E-state index in [9.17, 15) is 9.18 Å². The van der Waals surface area contributed by atoms with E-state index >= 15 is 0 Å². The molecule has 0 saturated carbocycles. The van der Waals surface area contributed by atoms with Crippen LogP contribution in [-0.2, 0) is 9.53 Å². The molecule has 3 rings (SSSR count). The van der Waals surface area contributed by atoms with Crippen LogP contribution < -0.4 is 10.2 Å². The molecule has 0 saturated heterocycles. The van der Waals surface area contributed by atoms with Crippen LogP contribution in [0.3, 0.4) is 0 Å². The molecule has 0 radical (unpaired) electrons. The van der Waals surface area contributed by atoms with Crippen LogP contribution in [0.25, 0.3) is 0 Å². The van der Waals surface area contributed by atoms with Crippen LogP contribution >= 0.6 is 23.8 Å². The molecular weight excluding hydrogens is 375 g/mol. The van der Waals surface area contributed by atoms with Crippen LogP contribution in [0.1, 0.15) is 18.5 Å². The number of esters is 1. The lowest BCUT2D eigenvalue weighted by molar-refractivity contribution is -0.136. The third kappa shape index (κ3) is 3.30. The predicted octanol–water partition coefficient (Wildman–Crippen LogP) is 4.36. The Morgan fingerprint density at radius 3 is 2.58 bits per heavy atom. The second-order valence-corrected chi connectivity index (χ2v) is 6.51. The summed E-state index contributed by atoms with van der Waals surface area (Å²) in [5.41, 5.74) is 2.45. The summed E-state index contributed by atoms with van der Waals surface area (Å²) in [6.45, 7) is 1.77. The third-order valence-corrected chi connectivity index (χ3v) is 4.77. The molecule has 2 aromatic rings. The number of carbonyl (C=O) groups is 1. The van der Waals surface area contributed by atoms with Crippen LogP contribution in [0.4, 0.5) is 10.1 Å². The van der Waals surface area contributed by atoms with Gasteiger partial charge in [-0.1, -0.05) is 41.9 Å². The SMILES string of the molecule is COC(=O)C1=C(C)N(c2ccc(F)c(Cl)c2)C(=S)NC1c1ccccc1. The second-order valence-electron chi connectivity index (χ2n) is 5.72. The van der Waals surface area contributed by atoms with E-state index in [2.05, 4.69) is 5.32 Å². The molecular formula is C19H16ClFN2O2S. The Labute approximate surface area is 161 Å². The Morgan fingerprint density at radius 1 is 1.27 bits per heavy atom. The Morgan fingerprint density at radius 2 is 1.96 bits per heavy atom. The first kappa shape index (κ1) is 18.4. The van der Waals surface area contributed by atoms with Gasteiger partial charge in [0.25, 0.3) is 0 Å². The molecule has 1 aliphatic heterocycles. The number of nitrogens with one attached hydrogen (secondary N) is 1. The number of ether oxygens (including phenoxy) is 1. The molecule has 1 heterocycles. The topological polar surface area (TPSA) is 41.6 Å². The number of nitrogens with zero attached hydrogens (tertiary/aromatic N) is 1. The maximum absolute atomic E-state index is 13.5. The highest BCUT2D eigenvalue weighted by Gasteiger charge is 2.35. The van der Waals surface area contributed by atoms with Gasteiger partial charge in [0, 0.05) is 11.4 Å². The van der Waals surface area contributed by atoms with Gasteiger partial charge in [0.15, 0.2) is 5.11 Å². The molecule has 0 aliphatic carbocycles. The normalized spacial score (nSPS) is 17.2. The highest BCUT2D eigenvalue weighted by atomic mass is 35.5. The average molecular weight is 391 g/mol. The lowest BCUT2D eigenvalue weighted by Crippen LogP contribution is -2.48. The number of thiocarbonyl (C=S) groups is 1. The molecule has 0 bridgehead atoms. The highest BCUT2D eigenvalue weighted by molar-refractivity contribution is 7.80.